The van der Waals surface area contributed by atoms with Gasteiger partial charge in [0, 0.05) is 29.7 Å². The summed E-state index contributed by atoms with van der Waals surface area (Å²) < 4.78 is 43.0. The molecule has 1 aliphatic rings. The summed E-state index contributed by atoms with van der Waals surface area (Å²) in [5.41, 5.74) is 2.18. The van der Waals surface area contributed by atoms with E-state index in [9.17, 15) is 18.0 Å². The fraction of sp³-hybridized carbons (Fsp3) is 0.304. The number of carbonyl (C=O) groups is 2. The smallest absolute Gasteiger partial charge is 0.375 e. The van der Waals surface area contributed by atoms with Gasteiger partial charge < -0.3 is 19.2 Å². The fourth-order valence-corrected chi connectivity index (χ4v) is 5.02. The summed E-state index contributed by atoms with van der Waals surface area (Å²) in [7, 11) is -3.71. The summed E-state index contributed by atoms with van der Waals surface area (Å²) in [5.74, 6) is -1.31. The third-order valence-electron chi connectivity index (χ3n) is 5.45. The Morgan fingerprint density at radius 1 is 1.09 bits per heavy atom. The second kappa shape index (κ2) is 9.34. The van der Waals surface area contributed by atoms with E-state index in [1.54, 1.807) is 32.0 Å². The van der Waals surface area contributed by atoms with E-state index in [0.29, 0.717) is 35.6 Å². The van der Waals surface area contributed by atoms with Crippen LogP contribution in [-0.2, 0) is 24.3 Å². The van der Waals surface area contributed by atoms with Gasteiger partial charge in [-0.25, -0.2) is 13.2 Å². The quantitative estimate of drug-likeness (QED) is 0.549. The van der Waals surface area contributed by atoms with Crippen molar-refractivity contribution < 1.29 is 31.9 Å². The molecule has 1 amide bonds. The Balaban J connectivity index is 1.43. The van der Waals surface area contributed by atoms with E-state index < -0.39 is 28.5 Å². The summed E-state index contributed by atoms with van der Waals surface area (Å²) in [6.45, 7) is 4.16. The predicted octanol–water partition coefficient (Wildman–Crippen LogP) is 2.87. The first-order chi connectivity index (χ1) is 15.8. The van der Waals surface area contributed by atoms with Crippen LogP contribution in [0.3, 0.4) is 0 Å². The number of fused-ring (bicyclic) bond motifs is 1. The molecular weight excluding hydrogens is 448 g/mol. The van der Waals surface area contributed by atoms with Crippen LogP contribution in [0, 0.1) is 13.8 Å². The topological polar surface area (TPSA) is 115 Å². The highest BCUT2D eigenvalue weighted by Gasteiger charge is 2.27. The van der Waals surface area contributed by atoms with Crippen LogP contribution in [0.4, 0.5) is 5.69 Å². The second-order valence-electron chi connectivity index (χ2n) is 7.67. The number of hydrogen-bond acceptors (Lipinski definition) is 7. The molecule has 1 aromatic heterocycles. The second-order valence-corrected chi connectivity index (χ2v) is 9.61. The van der Waals surface area contributed by atoms with Crippen molar-refractivity contribution in [1.29, 1.82) is 0 Å². The summed E-state index contributed by atoms with van der Waals surface area (Å²) in [6.07, 6.45) is 0. The summed E-state index contributed by atoms with van der Waals surface area (Å²) in [4.78, 5) is 24.9. The van der Waals surface area contributed by atoms with E-state index in [1.165, 1.54) is 16.4 Å². The normalized spacial score (nSPS) is 14.8. The lowest BCUT2D eigenvalue weighted by Crippen LogP contribution is -2.40. The number of furan rings is 1. The molecule has 1 N–H and O–H groups in total. The molecule has 0 unspecified atom stereocenters. The molecule has 0 atom stereocenters. The number of nitrogens with one attached hydrogen (secondary N) is 1. The first-order valence-corrected chi connectivity index (χ1v) is 11.8. The Kier molecular flexibility index (Phi) is 6.50. The maximum Gasteiger partial charge on any atom is 0.375 e. The van der Waals surface area contributed by atoms with Gasteiger partial charge in [-0.15, -0.1) is 0 Å². The fourth-order valence-electron chi connectivity index (χ4n) is 3.58. The molecule has 0 saturated carbocycles. The highest BCUT2D eigenvalue weighted by molar-refractivity contribution is 7.89. The molecule has 9 nitrogen and oxygen atoms in total. The number of para-hydroxylation sites is 1. The van der Waals surface area contributed by atoms with Gasteiger partial charge >= 0.3 is 5.97 Å². The minimum absolute atomic E-state index is 0.0405. The highest BCUT2D eigenvalue weighted by Crippen LogP contribution is 2.26. The minimum Gasteiger partial charge on any atom is -0.450 e. The summed E-state index contributed by atoms with van der Waals surface area (Å²) >= 11 is 0. The molecule has 1 aliphatic heterocycles. The standard InChI is InChI=1S/C23H24N2O7S/c1-15-7-8-17(33(28,29)25-9-11-30-12-10-25)13-19(15)24-21(26)14-31-23(27)22-16(2)18-5-3-4-6-20(18)32-22/h3-8,13H,9-12,14H2,1-2H3,(H,24,26). The van der Waals surface area contributed by atoms with Crippen molar-refractivity contribution in [2.24, 2.45) is 0 Å². The number of esters is 1. The molecule has 10 heteroatoms. The van der Waals surface area contributed by atoms with E-state index >= 15 is 0 Å². The van der Waals surface area contributed by atoms with Gasteiger partial charge in [0.05, 0.1) is 18.1 Å². The Hall–Kier alpha value is -3.21. The van der Waals surface area contributed by atoms with Gasteiger partial charge in [0.1, 0.15) is 5.58 Å². The van der Waals surface area contributed by atoms with Gasteiger partial charge in [-0.2, -0.15) is 4.31 Å². The molecule has 1 saturated heterocycles. The number of hydrogen-bond donors (Lipinski definition) is 1. The number of benzene rings is 2. The van der Waals surface area contributed by atoms with Crippen LogP contribution < -0.4 is 5.32 Å². The van der Waals surface area contributed by atoms with E-state index in [-0.39, 0.29) is 23.7 Å². The van der Waals surface area contributed by atoms with Gasteiger partial charge in [0.15, 0.2) is 6.61 Å². The van der Waals surface area contributed by atoms with Crippen molar-refractivity contribution in [3.8, 4) is 0 Å². The molecular formula is C23H24N2O7S. The number of amides is 1. The van der Waals surface area contributed by atoms with Crippen LogP contribution in [0.25, 0.3) is 11.0 Å². The molecule has 174 valence electrons. The Morgan fingerprint density at radius 3 is 2.55 bits per heavy atom. The summed E-state index contributed by atoms with van der Waals surface area (Å²) in [6, 6.07) is 11.7. The number of carbonyl (C=O) groups excluding carboxylic acids is 2. The number of aryl methyl sites for hydroxylation is 2. The van der Waals surface area contributed by atoms with E-state index in [2.05, 4.69) is 5.32 Å². The lowest BCUT2D eigenvalue weighted by atomic mass is 10.1. The van der Waals surface area contributed by atoms with E-state index in [1.807, 2.05) is 12.1 Å². The van der Waals surface area contributed by atoms with Gasteiger partial charge in [0.2, 0.25) is 15.8 Å². The Labute approximate surface area is 191 Å². The molecule has 0 aliphatic carbocycles. The van der Waals surface area contributed by atoms with Crippen LogP contribution in [0.1, 0.15) is 21.7 Å². The maximum atomic E-state index is 12.9. The van der Waals surface area contributed by atoms with Crippen LogP contribution in [0.5, 0.6) is 0 Å². The number of morpholine rings is 1. The first-order valence-electron chi connectivity index (χ1n) is 10.4. The number of sulfonamides is 1. The average Bonchev–Trinajstić information content (AvgIpc) is 3.16. The van der Waals surface area contributed by atoms with Crippen LogP contribution in [-0.4, -0.2) is 57.5 Å². The van der Waals surface area contributed by atoms with Crippen molar-refractivity contribution in [3.63, 3.8) is 0 Å². The Bertz CT molecular complexity index is 1310. The zero-order chi connectivity index (χ0) is 23.6. The van der Waals surface area contributed by atoms with Gasteiger partial charge in [0.25, 0.3) is 5.91 Å². The molecule has 4 rings (SSSR count). The van der Waals surface area contributed by atoms with E-state index in [4.69, 9.17) is 13.9 Å². The van der Waals surface area contributed by atoms with Crippen molar-refractivity contribution in [1.82, 2.24) is 4.31 Å². The van der Waals surface area contributed by atoms with Gasteiger partial charge in [-0.05, 0) is 37.6 Å². The number of rotatable bonds is 6. The number of nitrogens with zero attached hydrogens (tertiary/aromatic N) is 1. The molecule has 1 fully saturated rings. The molecule has 3 aromatic rings. The molecule has 0 spiro atoms. The van der Waals surface area contributed by atoms with Crippen LogP contribution in [0.2, 0.25) is 0 Å². The van der Waals surface area contributed by atoms with Crippen LogP contribution in [0.15, 0.2) is 51.8 Å². The Morgan fingerprint density at radius 2 is 1.82 bits per heavy atom. The first kappa shape index (κ1) is 23.0. The van der Waals surface area contributed by atoms with Crippen molar-refractivity contribution >= 4 is 38.6 Å². The third-order valence-corrected chi connectivity index (χ3v) is 7.35. The third kappa shape index (κ3) is 4.77. The molecule has 2 heterocycles. The molecule has 0 bridgehead atoms. The highest BCUT2D eigenvalue weighted by atomic mass is 32.2. The number of ether oxygens (including phenoxy) is 2. The predicted molar refractivity (Wildman–Crippen MR) is 121 cm³/mol. The molecule has 33 heavy (non-hydrogen) atoms. The monoisotopic (exact) mass is 472 g/mol. The van der Waals surface area contributed by atoms with Crippen molar-refractivity contribution in [2.75, 3.05) is 38.2 Å². The summed E-state index contributed by atoms with van der Waals surface area (Å²) in [5, 5.41) is 3.41. The maximum absolute atomic E-state index is 12.9. The van der Waals surface area contributed by atoms with Crippen LogP contribution >= 0.6 is 0 Å². The van der Waals surface area contributed by atoms with Gasteiger partial charge in [-0.1, -0.05) is 24.3 Å². The zero-order valence-corrected chi connectivity index (χ0v) is 19.1. The van der Waals surface area contributed by atoms with Gasteiger partial charge in [-0.3, -0.25) is 4.79 Å². The van der Waals surface area contributed by atoms with Crippen molar-refractivity contribution in [3.05, 3.63) is 59.4 Å². The lowest BCUT2D eigenvalue weighted by molar-refractivity contribution is -0.119. The molecule has 0 radical (unpaired) electrons. The largest absolute Gasteiger partial charge is 0.450 e. The molecule has 2 aromatic carbocycles. The SMILES string of the molecule is Cc1ccc(S(=O)(=O)N2CCOCC2)cc1NC(=O)COC(=O)c1oc2ccccc2c1C. The number of anilines is 1. The lowest BCUT2D eigenvalue weighted by Gasteiger charge is -2.26. The van der Waals surface area contributed by atoms with E-state index in [0.717, 1.165) is 5.39 Å². The van der Waals surface area contributed by atoms with Crippen molar-refractivity contribution in [2.45, 2.75) is 18.7 Å². The average molecular weight is 473 g/mol. The minimum atomic E-state index is -3.71. The zero-order valence-electron chi connectivity index (χ0n) is 18.3.